The molecule has 0 radical (unpaired) electrons. The molecule has 0 aliphatic heterocycles. The number of halogens is 3. The van der Waals surface area contributed by atoms with Crippen LogP contribution in [0.1, 0.15) is 12.5 Å². The van der Waals surface area contributed by atoms with E-state index in [9.17, 15) is 18.0 Å². The monoisotopic (exact) mass is 277 g/mol. The van der Waals surface area contributed by atoms with Gasteiger partial charge in [0.15, 0.2) is 0 Å². The summed E-state index contributed by atoms with van der Waals surface area (Å²) in [6.07, 6.45) is -2.90. The third-order valence-electron chi connectivity index (χ3n) is 2.02. The van der Waals surface area contributed by atoms with Crippen LogP contribution in [-0.2, 0) is 6.54 Å². The molecule has 1 aromatic rings. The number of pyridine rings is 1. The van der Waals surface area contributed by atoms with E-state index in [2.05, 4.69) is 10.3 Å². The van der Waals surface area contributed by atoms with Gasteiger partial charge in [-0.25, -0.2) is 9.78 Å². The van der Waals surface area contributed by atoms with Gasteiger partial charge < -0.3 is 15.4 Å². The van der Waals surface area contributed by atoms with Gasteiger partial charge in [-0.05, 0) is 13.0 Å². The lowest BCUT2D eigenvalue weighted by Crippen LogP contribution is -2.40. The van der Waals surface area contributed by atoms with Crippen molar-refractivity contribution in [1.82, 2.24) is 15.6 Å². The molecule has 8 heteroatoms. The number of amides is 2. The Balaban J connectivity index is 2.46. The van der Waals surface area contributed by atoms with Crippen LogP contribution < -0.4 is 15.4 Å². The van der Waals surface area contributed by atoms with Crippen molar-refractivity contribution in [2.75, 3.05) is 13.2 Å². The number of rotatable bonds is 5. The minimum absolute atomic E-state index is 0.0346. The van der Waals surface area contributed by atoms with E-state index in [4.69, 9.17) is 4.74 Å². The maximum atomic E-state index is 11.9. The number of aromatic nitrogens is 1. The highest BCUT2D eigenvalue weighted by atomic mass is 19.4. The summed E-state index contributed by atoms with van der Waals surface area (Å²) in [6, 6.07) is 2.42. The van der Waals surface area contributed by atoms with Crippen molar-refractivity contribution in [2.45, 2.75) is 19.6 Å². The predicted octanol–water partition coefficient (Wildman–Crippen LogP) is 1.84. The third-order valence-corrected chi connectivity index (χ3v) is 2.02. The molecular formula is C11H14F3N3O2. The molecule has 2 amide bonds. The first kappa shape index (κ1) is 15.1. The summed E-state index contributed by atoms with van der Waals surface area (Å²) in [5.74, 6) is 0.348. The van der Waals surface area contributed by atoms with Crippen LogP contribution in [0.5, 0.6) is 5.88 Å². The smallest absolute Gasteiger partial charge is 0.405 e. The zero-order valence-corrected chi connectivity index (χ0v) is 10.3. The van der Waals surface area contributed by atoms with E-state index >= 15 is 0 Å². The van der Waals surface area contributed by atoms with E-state index < -0.39 is 18.8 Å². The maximum Gasteiger partial charge on any atom is 0.405 e. The molecule has 0 fully saturated rings. The first-order valence-electron chi connectivity index (χ1n) is 5.57. The van der Waals surface area contributed by atoms with Gasteiger partial charge in [0.2, 0.25) is 5.88 Å². The molecule has 1 rings (SSSR count). The second-order valence-electron chi connectivity index (χ2n) is 3.55. The van der Waals surface area contributed by atoms with Crippen molar-refractivity contribution in [3.05, 3.63) is 23.9 Å². The Morgan fingerprint density at radius 2 is 2.16 bits per heavy atom. The van der Waals surface area contributed by atoms with Gasteiger partial charge in [-0.1, -0.05) is 6.07 Å². The highest BCUT2D eigenvalue weighted by molar-refractivity contribution is 5.73. The molecule has 106 valence electrons. The van der Waals surface area contributed by atoms with Crippen molar-refractivity contribution < 1.29 is 22.7 Å². The van der Waals surface area contributed by atoms with Gasteiger partial charge in [-0.3, -0.25) is 0 Å². The summed E-state index contributed by atoms with van der Waals surface area (Å²) in [4.78, 5) is 15.1. The molecule has 0 atom stereocenters. The molecule has 0 aliphatic rings. The summed E-state index contributed by atoms with van der Waals surface area (Å²) in [5.41, 5.74) is 0.589. The number of nitrogens with one attached hydrogen (secondary N) is 2. The number of urea groups is 1. The average molecular weight is 277 g/mol. The summed E-state index contributed by atoms with van der Waals surface area (Å²) in [7, 11) is 0. The normalized spacial score (nSPS) is 10.9. The van der Waals surface area contributed by atoms with Crippen molar-refractivity contribution in [3.8, 4) is 5.88 Å². The zero-order chi connectivity index (χ0) is 14.3. The second-order valence-corrected chi connectivity index (χ2v) is 3.55. The first-order valence-corrected chi connectivity index (χ1v) is 5.57. The fourth-order valence-corrected chi connectivity index (χ4v) is 1.24. The largest absolute Gasteiger partial charge is 0.478 e. The van der Waals surface area contributed by atoms with E-state index in [0.29, 0.717) is 18.1 Å². The SMILES string of the molecule is CCOc1ncccc1CNC(=O)NCC(F)(F)F. The third kappa shape index (κ3) is 5.94. The lowest BCUT2D eigenvalue weighted by Gasteiger charge is -2.11. The van der Waals surface area contributed by atoms with E-state index in [1.165, 1.54) is 6.20 Å². The number of hydrogen-bond acceptors (Lipinski definition) is 3. The fraction of sp³-hybridized carbons (Fsp3) is 0.455. The van der Waals surface area contributed by atoms with E-state index in [1.807, 2.05) is 0 Å². The predicted molar refractivity (Wildman–Crippen MR) is 61.7 cm³/mol. The van der Waals surface area contributed by atoms with Crippen LogP contribution in [0.4, 0.5) is 18.0 Å². The van der Waals surface area contributed by atoms with E-state index in [0.717, 1.165) is 0 Å². The molecule has 1 aromatic heterocycles. The topological polar surface area (TPSA) is 63.2 Å². The Labute approximate surface area is 108 Å². The van der Waals surface area contributed by atoms with Gasteiger partial charge in [0, 0.05) is 18.3 Å². The minimum Gasteiger partial charge on any atom is -0.478 e. The van der Waals surface area contributed by atoms with Crippen molar-refractivity contribution >= 4 is 6.03 Å². The van der Waals surface area contributed by atoms with Crippen LogP contribution in [0, 0.1) is 0 Å². The molecule has 19 heavy (non-hydrogen) atoms. The van der Waals surface area contributed by atoms with Crippen LogP contribution in [0.3, 0.4) is 0 Å². The highest BCUT2D eigenvalue weighted by Crippen LogP contribution is 2.14. The van der Waals surface area contributed by atoms with Crippen LogP contribution in [0.25, 0.3) is 0 Å². The number of hydrogen-bond donors (Lipinski definition) is 2. The number of carbonyl (C=O) groups is 1. The minimum atomic E-state index is -4.43. The van der Waals surface area contributed by atoms with Crippen molar-refractivity contribution in [1.29, 1.82) is 0 Å². The molecule has 0 saturated carbocycles. The summed E-state index contributed by atoms with van der Waals surface area (Å²) >= 11 is 0. The molecule has 0 saturated heterocycles. The molecule has 0 spiro atoms. The lowest BCUT2D eigenvalue weighted by atomic mass is 10.2. The standard InChI is InChI=1S/C11H14F3N3O2/c1-2-19-9-8(4-3-5-15-9)6-16-10(18)17-7-11(12,13)14/h3-5H,2,6-7H2,1H3,(H2,16,17,18). The van der Waals surface area contributed by atoms with Crippen molar-refractivity contribution in [2.24, 2.45) is 0 Å². The lowest BCUT2D eigenvalue weighted by molar-refractivity contribution is -0.122. The Morgan fingerprint density at radius 1 is 1.42 bits per heavy atom. The molecule has 1 heterocycles. The Hall–Kier alpha value is -1.99. The zero-order valence-electron chi connectivity index (χ0n) is 10.3. The van der Waals surface area contributed by atoms with Crippen molar-refractivity contribution in [3.63, 3.8) is 0 Å². The number of alkyl halides is 3. The highest BCUT2D eigenvalue weighted by Gasteiger charge is 2.27. The maximum absolute atomic E-state index is 11.9. The molecule has 5 nitrogen and oxygen atoms in total. The summed E-state index contributed by atoms with van der Waals surface area (Å²) < 4.78 is 40.8. The molecular weight excluding hydrogens is 263 g/mol. The molecule has 0 unspecified atom stereocenters. The second kappa shape index (κ2) is 6.81. The Kier molecular flexibility index (Phi) is 5.40. The molecule has 0 aliphatic carbocycles. The van der Waals surface area contributed by atoms with Crippen LogP contribution in [0.2, 0.25) is 0 Å². The van der Waals surface area contributed by atoms with Crippen LogP contribution in [0.15, 0.2) is 18.3 Å². The Bertz CT molecular complexity index is 424. The van der Waals surface area contributed by atoms with Crippen LogP contribution >= 0.6 is 0 Å². The van der Waals surface area contributed by atoms with E-state index in [-0.39, 0.29) is 6.54 Å². The number of nitrogens with zero attached hydrogens (tertiary/aromatic N) is 1. The van der Waals surface area contributed by atoms with Gasteiger partial charge in [-0.15, -0.1) is 0 Å². The first-order chi connectivity index (χ1) is 8.92. The Morgan fingerprint density at radius 3 is 2.79 bits per heavy atom. The van der Waals surface area contributed by atoms with Crippen LogP contribution in [-0.4, -0.2) is 30.3 Å². The molecule has 2 N–H and O–H groups in total. The molecule has 0 bridgehead atoms. The number of carbonyl (C=O) groups excluding carboxylic acids is 1. The summed E-state index contributed by atoms with van der Waals surface area (Å²) in [5, 5.41) is 4.01. The van der Waals surface area contributed by atoms with Gasteiger partial charge in [0.1, 0.15) is 6.54 Å². The average Bonchev–Trinajstić information content (AvgIpc) is 2.35. The van der Waals surface area contributed by atoms with E-state index in [1.54, 1.807) is 24.4 Å². The fourth-order valence-electron chi connectivity index (χ4n) is 1.24. The van der Waals surface area contributed by atoms with Gasteiger partial charge in [0.25, 0.3) is 0 Å². The number of ether oxygens (including phenoxy) is 1. The molecule has 0 aromatic carbocycles. The summed E-state index contributed by atoms with van der Waals surface area (Å²) in [6.45, 7) is 0.850. The van der Waals surface area contributed by atoms with Gasteiger partial charge in [0.05, 0.1) is 6.61 Å². The van der Waals surface area contributed by atoms with Gasteiger partial charge in [-0.2, -0.15) is 13.2 Å². The van der Waals surface area contributed by atoms with Gasteiger partial charge >= 0.3 is 12.2 Å². The quantitative estimate of drug-likeness (QED) is 0.863.